The summed E-state index contributed by atoms with van der Waals surface area (Å²) < 4.78 is 0. The highest BCUT2D eigenvalue weighted by atomic mass is 35.6. The summed E-state index contributed by atoms with van der Waals surface area (Å²) in [6.45, 7) is 6.69. The number of hydrogen-bond donors (Lipinski definition) is 0. The van der Waals surface area contributed by atoms with Crippen molar-refractivity contribution in [3.8, 4) is 0 Å². The number of anilines is 6. The summed E-state index contributed by atoms with van der Waals surface area (Å²) in [5, 5.41) is 3.71. The van der Waals surface area contributed by atoms with E-state index in [4.69, 9.17) is 11.1 Å². The van der Waals surface area contributed by atoms with Crippen molar-refractivity contribution in [1.82, 2.24) is 0 Å². The standard InChI is InChI=1S/C33H51ClN6Si/c1-22-16-19-25(35(4)5)28(38(10)11)31(22)41(34,32-23(2)17-20-26(36(6)7)29(32)39(12)13)33-24(3)18-21-27(37(8)9)30(33)40(14)15/h16-21H,1-15H3. The van der Waals surface area contributed by atoms with Crippen molar-refractivity contribution < 1.29 is 0 Å². The summed E-state index contributed by atoms with van der Waals surface area (Å²) in [6, 6.07) is 13.4. The number of rotatable bonds is 9. The van der Waals surface area contributed by atoms with Crippen LogP contribution in [-0.4, -0.2) is 92.0 Å². The summed E-state index contributed by atoms with van der Waals surface area (Å²) in [5.74, 6) is 0. The van der Waals surface area contributed by atoms with E-state index in [0.29, 0.717) is 0 Å². The Morgan fingerprint density at radius 1 is 0.390 bits per heavy atom. The second kappa shape index (κ2) is 12.1. The molecule has 0 aliphatic rings. The number of benzene rings is 3. The van der Waals surface area contributed by atoms with Crippen molar-refractivity contribution in [2.45, 2.75) is 20.8 Å². The van der Waals surface area contributed by atoms with E-state index in [1.165, 1.54) is 49.3 Å². The third-order valence-corrected chi connectivity index (χ3v) is 13.6. The molecule has 0 heterocycles. The zero-order valence-electron chi connectivity index (χ0n) is 28.0. The fourth-order valence-corrected chi connectivity index (χ4v) is 13.0. The highest BCUT2D eigenvalue weighted by Crippen LogP contribution is 2.38. The molecule has 0 fully saturated rings. The first-order valence-electron chi connectivity index (χ1n) is 14.1. The highest BCUT2D eigenvalue weighted by Gasteiger charge is 2.48. The molecule has 0 unspecified atom stereocenters. The van der Waals surface area contributed by atoms with Gasteiger partial charge in [0.05, 0.1) is 34.1 Å². The number of hydrogen-bond acceptors (Lipinski definition) is 6. The van der Waals surface area contributed by atoms with Crippen molar-refractivity contribution in [3.63, 3.8) is 0 Å². The SMILES string of the molecule is Cc1ccc(N(C)C)c(N(C)C)c1[Si](Cl)(c1c(C)ccc(N(C)C)c1N(C)C)c1c(C)ccc(N(C)C)c1N(C)C. The smallest absolute Gasteiger partial charge is 0.255 e. The van der Waals surface area contributed by atoms with Crippen LogP contribution in [0.1, 0.15) is 16.7 Å². The predicted octanol–water partition coefficient (Wildman–Crippen LogP) is 4.21. The normalized spacial score (nSPS) is 11.4. The molecule has 3 aromatic carbocycles. The summed E-state index contributed by atoms with van der Waals surface area (Å²) in [4.78, 5) is 13.4. The van der Waals surface area contributed by atoms with E-state index in [2.05, 4.69) is 171 Å². The van der Waals surface area contributed by atoms with Crippen LogP contribution in [0.3, 0.4) is 0 Å². The van der Waals surface area contributed by atoms with E-state index >= 15 is 0 Å². The monoisotopic (exact) mass is 594 g/mol. The summed E-state index contributed by atoms with van der Waals surface area (Å²) in [7, 11) is 22.3. The number of halogens is 1. The fraction of sp³-hybridized carbons (Fsp3) is 0.455. The van der Waals surface area contributed by atoms with Gasteiger partial charge in [-0.3, -0.25) is 0 Å². The molecule has 0 amide bonds. The van der Waals surface area contributed by atoms with E-state index in [1.54, 1.807) is 0 Å². The summed E-state index contributed by atoms with van der Waals surface area (Å²) >= 11 is 8.71. The molecule has 0 atom stereocenters. The van der Waals surface area contributed by atoms with Crippen LogP contribution in [0.15, 0.2) is 36.4 Å². The Labute approximate surface area is 255 Å². The van der Waals surface area contributed by atoms with Gasteiger partial charge in [0.25, 0.3) is 7.38 Å². The van der Waals surface area contributed by atoms with Crippen LogP contribution >= 0.6 is 11.1 Å². The van der Waals surface area contributed by atoms with Crippen LogP contribution in [-0.2, 0) is 0 Å². The molecular weight excluding hydrogens is 544 g/mol. The Morgan fingerprint density at radius 3 is 0.780 bits per heavy atom. The van der Waals surface area contributed by atoms with Gasteiger partial charge < -0.3 is 29.4 Å². The highest BCUT2D eigenvalue weighted by molar-refractivity contribution is 7.42. The van der Waals surface area contributed by atoms with Crippen LogP contribution in [0.5, 0.6) is 0 Å². The van der Waals surface area contributed by atoms with Crippen LogP contribution in [0, 0.1) is 20.8 Å². The average molecular weight is 595 g/mol. The Balaban J connectivity index is 2.84. The van der Waals surface area contributed by atoms with Gasteiger partial charge in [-0.25, -0.2) is 0 Å². The van der Waals surface area contributed by atoms with Gasteiger partial charge in [-0.15, -0.1) is 11.1 Å². The van der Waals surface area contributed by atoms with Gasteiger partial charge in [0, 0.05) is 84.6 Å². The van der Waals surface area contributed by atoms with E-state index in [0.717, 1.165) is 17.1 Å². The molecule has 0 bridgehead atoms. The first kappa shape index (κ1) is 32.5. The maximum atomic E-state index is 8.71. The minimum atomic E-state index is -3.30. The minimum absolute atomic E-state index is 1.16. The molecule has 0 aliphatic heterocycles. The second-order valence-electron chi connectivity index (χ2n) is 12.4. The molecule has 0 saturated carbocycles. The fourth-order valence-electron chi connectivity index (χ4n) is 6.16. The maximum Gasteiger partial charge on any atom is 0.255 e. The minimum Gasteiger partial charge on any atom is -0.376 e. The lowest BCUT2D eigenvalue weighted by Gasteiger charge is -2.41. The van der Waals surface area contributed by atoms with Crippen molar-refractivity contribution in [1.29, 1.82) is 0 Å². The summed E-state index contributed by atoms with van der Waals surface area (Å²) in [5.41, 5.74) is 10.6. The molecule has 0 N–H and O–H groups in total. The van der Waals surface area contributed by atoms with Gasteiger partial charge >= 0.3 is 0 Å². The first-order chi connectivity index (χ1) is 19.0. The molecule has 0 saturated heterocycles. The lowest BCUT2D eigenvalue weighted by Crippen LogP contribution is -2.67. The Bertz CT molecular complexity index is 1240. The third-order valence-electron chi connectivity index (χ3n) is 7.92. The van der Waals surface area contributed by atoms with Crippen molar-refractivity contribution in [2.75, 3.05) is 114 Å². The predicted molar refractivity (Wildman–Crippen MR) is 190 cm³/mol. The van der Waals surface area contributed by atoms with Gasteiger partial charge in [0.2, 0.25) is 0 Å². The Hall–Kier alpha value is -3.03. The lowest BCUT2D eigenvalue weighted by atomic mass is 10.1. The Morgan fingerprint density at radius 2 is 0.610 bits per heavy atom. The molecule has 0 spiro atoms. The van der Waals surface area contributed by atoms with Crippen LogP contribution in [0.25, 0.3) is 0 Å². The topological polar surface area (TPSA) is 19.4 Å². The van der Waals surface area contributed by atoms with Crippen molar-refractivity contribution in [3.05, 3.63) is 53.1 Å². The number of aryl methyl sites for hydroxylation is 3. The van der Waals surface area contributed by atoms with Crippen LogP contribution < -0.4 is 45.0 Å². The molecule has 0 aliphatic carbocycles. The molecule has 0 radical (unpaired) electrons. The lowest BCUT2D eigenvalue weighted by molar-refractivity contribution is 1.07. The molecule has 8 heteroatoms. The summed E-state index contributed by atoms with van der Waals surface area (Å²) in [6.07, 6.45) is 0. The molecule has 3 aromatic rings. The van der Waals surface area contributed by atoms with Gasteiger partial charge in [0.1, 0.15) is 0 Å². The van der Waals surface area contributed by atoms with Gasteiger partial charge in [0.15, 0.2) is 0 Å². The second-order valence-corrected chi connectivity index (χ2v) is 16.9. The van der Waals surface area contributed by atoms with Crippen molar-refractivity contribution >= 4 is 68.1 Å². The number of nitrogens with zero attached hydrogens (tertiary/aromatic N) is 6. The third kappa shape index (κ3) is 5.58. The van der Waals surface area contributed by atoms with Gasteiger partial charge in [-0.2, -0.15) is 0 Å². The van der Waals surface area contributed by atoms with Crippen molar-refractivity contribution in [2.24, 2.45) is 0 Å². The first-order valence-corrected chi connectivity index (χ1v) is 17.1. The van der Waals surface area contributed by atoms with Gasteiger partial charge in [-0.05, 0) is 71.2 Å². The maximum absolute atomic E-state index is 8.71. The Kier molecular flexibility index (Phi) is 9.56. The molecule has 224 valence electrons. The van der Waals surface area contributed by atoms with E-state index in [-0.39, 0.29) is 0 Å². The van der Waals surface area contributed by atoms with E-state index in [1.807, 2.05) is 0 Å². The average Bonchev–Trinajstić information content (AvgIpc) is 2.86. The molecule has 41 heavy (non-hydrogen) atoms. The zero-order chi connectivity index (χ0) is 31.1. The quantitative estimate of drug-likeness (QED) is 0.208. The van der Waals surface area contributed by atoms with Crippen LogP contribution in [0.2, 0.25) is 0 Å². The van der Waals surface area contributed by atoms with Crippen LogP contribution in [0.4, 0.5) is 34.1 Å². The molecular formula is C33H51ClN6Si. The largest absolute Gasteiger partial charge is 0.376 e. The van der Waals surface area contributed by atoms with E-state index in [9.17, 15) is 0 Å². The van der Waals surface area contributed by atoms with E-state index < -0.39 is 7.38 Å². The zero-order valence-corrected chi connectivity index (χ0v) is 29.8. The van der Waals surface area contributed by atoms with Gasteiger partial charge in [-0.1, -0.05) is 18.2 Å². The molecule has 6 nitrogen and oxygen atoms in total. The molecule has 0 aromatic heterocycles. The molecule has 3 rings (SSSR count).